The molecular weight excluding hydrogens is 406 g/mol. The molecule has 1 aromatic carbocycles. The first-order valence-corrected chi connectivity index (χ1v) is 11.9. The molecule has 3 N–H and O–H groups in total. The quantitative estimate of drug-likeness (QED) is 0.370. The molecule has 8 nitrogen and oxygen atoms in total. The van der Waals surface area contributed by atoms with Crippen molar-refractivity contribution in [1.29, 1.82) is 0 Å². The van der Waals surface area contributed by atoms with E-state index in [1.165, 1.54) is 18.4 Å². The maximum atomic E-state index is 10.9. The monoisotopic (exact) mass is 447 g/mol. The Morgan fingerprint density at radius 1 is 1.19 bits per heavy atom. The van der Waals surface area contributed by atoms with Gasteiger partial charge in [-0.25, -0.2) is 0 Å². The van der Waals surface area contributed by atoms with Crippen LogP contribution in [0.2, 0.25) is 0 Å². The van der Waals surface area contributed by atoms with Crippen molar-refractivity contribution in [3.05, 3.63) is 29.8 Å². The van der Waals surface area contributed by atoms with Crippen LogP contribution in [0.5, 0.6) is 5.75 Å². The third kappa shape index (κ3) is 7.33. The van der Waals surface area contributed by atoms with Crippen LogP contribution in [0.25, 0.3) is 0 Å². The van der Waals surface area contributed by atoms with Crippen molar-refractivity contribution in [2.45, 2.75) is 38.3 Å². The number of hydrogen-bond donors (Lipinski definition) is 3. The van der Waals surface area contributed by atoms with E-state index in [1.54, 1.807) is 7.11 Å². The Labute approximate surface area is 193 Å². The summed E-state index contributed by atoms with van der Waals surface area (Å²) in [5.41, 5.74) is 0.302. The van der Waals surface area contributed by atoms with Gasteiger partial charge in [0, 0.05) is 38.3 Å². The van der Waals surface area contributed by atoms with Gasteiger partial charge in [0.2, 0.25) is 0 Å². The Balaban J connectivity index is 1.66. The number of likely N-dealkylation sites (tertiary alicyclic amines) is 1. The molecule has 2 atom stereocenters. The highest BCUT2D eigenvalue weighted by molar-refractivity contribution is 5.79. The molecule has 2 unspecified atom stereocenters. The van der Waals surface area contributed by atoms with Gasteiger partial charge in [-0.15, -0.1) is 0 Å². The number of para-hydroxylation sites is 1. The molecule has 2 aliphatic heterocycles. The zero-order valence-electron chi connectivity index (χ0n) is 20.0. The van der Waals surface area contributed by atoms with Crippen molar-refractivity contribution in [3.8, 4) is 5.75 Å². The Kier molecular flexibility index (Phi) is 9.59. The summed E-state index contributed by atoms with van der Waals surface area (Å²) in [4.78, 5) is 9.48. The highest BCUT2D eigenvalue weighted by Crippen LogP contribution is 2.31. The molecule has 2 fully saturated rings. The number of nitrogens with zero attached hydrogens (tertiary/aromatic N) is 3. The lowest BCUT2D eigenvalue weighted by atomic mass is 10.0. The standard InChI is InChI=1S/C24H41N5O3/c1-4-25-23(27-18-24(2,30)19-28-13-15-32-16-14-28)26-17-21(29-11-7-8-12-29)20-9-5-6-10-22(20)31-3/h5-6,9-10,21,30H,4,7-8,11-19H2,1-3H3,(H2,25,26,27). The van der Waals surface area contributed by atoms with Gasteiger partial charge in [0.05, 0.1) is 38.5 Å². The van der Waals surface area contributed by atoms with E-state index in [0.29, 0.717) is 13.1 Å². The molecule has 3 rings (SSSR count). The molecule has 0 saturated carbocycles. The van der Waals surface area contributed by atoms with Gasteiger partial charge in [-0.2, -0.15) is 0 Å². The highest BCUT2D eigenvalue weighted by Gasteiger charge is 2.27. The first-order valence-electron chi connectivity index (χ1n) is 11.9. The molecule has 0 spiro atoms. The minimum absolute atomic E-state index is 0.200. The Morgan fingerprint density at radius 3 is 2.59 bits per heavy atom. The SMILES string of the molecule is CCNC(=NCC(C)(O)CN1CCOCC1)NCC(c1ccccc1OC)N1CCCC1. The van der Waals surface area contributed by atoms with Crippen molar-refractivity contribution in [2.24, 2.45) is 4.99 Å². The summed E-state index contributed by atoms with van der Waals surface area (Å²) in [6, 6.07) is 8.47. The summed E-state index contributed by atoms with van der Waals surface area (Å²) in [5, 5.41) is 17.8. The predicted octanol–water partition coefficient (Wildman–Crippen LogP) is 1.47. The number of hydrogen-bond acceptors (Lipinski definition) is 6. The number of rotatable bonds is 10. The lowest BCUT2D eigenvalue weighted by Gasteiger charge is -2.33. The smallest absolute Gasteiger partial charge is 0.191 e. The fraction of sp³-hybridized carbons (Fsp3) is 0.708. The van der Waals surface area contributed by atoms with Crippen LogP contribution in [0.3, 0.4) is 0 Å². The van der Waals surface area contributed by atoms with Crippen LogP contribution < -0.4 is 15.4 Å². The van der Waals surface area contributed by atoms with Crippen molar-refractivity contribution >= 4 is 5.96 Å². The van der Waals surface area contributed by atoms with Crippen LogP contribution in [0.15, 0.2) is 29.3 Å². The second-order valence-electron chi connectivity index (χ2n) is 8.96. The summed E-state index contributed by atoms with van der Waals surface area (Å²) in [7, 11) is 1.73. The fourth-order valence-corrected chi connectivity index (χ4v) is 4.51. The van der Waals surface area contributed by atoms with Crippen LogP contribution in [-0.4, -0.2) is 99.1 Å². The topological polar surface area (TPSA) is 81.6 Å². The molecule has 32 heavy (non-hydrogen) atoms. The molecule has 0 aliphatic carbocycles. The molecule has 8 heteroatoms. The van der Waals surface area contributed by atoms with Crippen LogP contribution in [0.1, 0.15) is 38.3 Å². The number of aliphatic imine (C=N–C) groups is 1. The van der Waals surface area contributed by atoms with Gasteiger partial charge in [0.15, 0.2) is 5.96 Å². The van der Waals surface area contributed by atoms with E-state index in [9.17, 15) is 5.11 Å². The summed E-state index contributed by atoms with van der Waals surface area (Å²) in [5.74, 6) is 1.65. The normalized spacial score (nSPS) is 21.2. The number of morpholine rings is 1. The third-order valence-electron chi connectivity index (χ3n) is 6.13. The van der Waals surface area contributed by atoms with Gasteiger partial charge in [0.25, 0.3) is 0 Å². The Morgan fingerprint density at radius 2 is 1.91 bits per heavy atom. The van der Waals surface area contributed by atoms with E-state index in [1.807, 2.05) is 19.1 Å². The molecule has 2 aliphatic rings. The molecule has 0 amide bonds. The Bertz CT molecular complexity index is 715. The summed E-state index contributed by atoms with van der Waals surface area (Å²) >= 11 is 0. The highest BCUT2D eigenvalue weighted by atomic mass is 16.5. The van der Waals surface area contributed by atoms with E-state index < -0.39 is 5.60 Å². The average molecular weight is 448 g/mol. The second-order valence-corrected chi connectivity index (χ2v) is 8.96. The third-order valence-corrected chi connectivity index (χ3v) is 6.13. The first kappa shape index (κ1) is 24.8. The number of methoxy groups -OCH3 is 1. The zero-order chi connectivity index (χ0) is 22.8. The van der Waals surface area contributed by atoms with Gasteiger partial charge in [-0.3, -0.25) is 14.8 Å². The fourth-order valence-electron chi connectivity index (χ4n) is 4.51. The largest absolute Gasteiger partial charge is 0.496 e. The van der Waals surface area contributed by atoms with Gasteiger partial charge in [0.1, 0.15) is 5.75 Å². The first-order chi connectivity index (χ1) is 15.5. The van der Waals surface area contributed by atoms with E-state index in [4.69, 9.17) is 14.5 Å². The van der Waals surface area contributed by atoms with Crippen molar-refractivity contribution < 1.29 is 14.6 Å². The summed E-state index contributed by atoms with van der Waals surface area (Å²) < 4.78 is 11.1. The van der Waals surface area contributed by atoms with Crippen LogP contribution in [0.4, 0.5) is 0 Å². The minimum atomic E-state index is -0.892. The lowest BCUT2D eigenvalue weighted by Crippen LogP contribution is -2.48. The zero-order valence-corrected chi connectivity index (χ0v) is 20.0. The molecule has 0 bridgehead atoms. The van der Waals surface area contributed by atoms with Gasteiger partial charge in [-0.05, 0) is 45.8 Å². The van der Waals surface area contributed by atoms with Crippen molar-refractivity contribution in [3.63, 3.8) is 0 Å². The average Bonchev–Trinajstić information content (AvgIpc) is 3.33. The van der Waals surface area contributed by atoms with Crippen LogP contribution in [-0.2, 0) is 4.74 Å². The van der Waals surface area contributed by atoms with Gasteiger partial charge >= 0.3 is 0 Å². The number of β-amino-alcohol motifs (C(OH)–C–C–N with tert-alkyl or cyclic N) is 1. The van der Waals surface area contributed by atoms with E-state index >= 15 is 0 Å². The van der Waals surface area contributed by atoms with E-state index in [2.05, 4.69) is 39.5 Å². The van der Waals surface area contributed by atoms with Crippen LogP contribution >= 0.6 is 0 Å². The maximum Gasteiger partial charge on any atom is 0.191 e. The number of nitrogens with one attached hydrogen (secondary N) is 2. The molecule has 0 radical (unpaired) electrons. The number of guanidine groups is 1. The second kappa shape index (κ2) is 12.4. The molecule has 180 valence electrons. The van der Waals surface area contributed by atoms with Gasteiger partial charge in [-0.1, -0.05) is 18.2 Å². The van der Waals surface area contributed by atoms with Gasteiger partial charge < -0.3 is 25.2 Å². The molecule has 2 heterocycles. The van der Waals surface area contributed by atoms with Crippen molar-refractivity contribution in [1.82, 2.24) is 20.4 Å². The minimum Gasteiger partial charge on any atom is -0.496 e. The maximum absolute atomic E-state index is 10.9. The van der Waals surface area contributed by atoms with Crippen LogP contribution in [0, 0.1) is 0 Å². The molecule has 1 aromatic rings. The lowest BCUT2D eigenvalue weighted by molar-refractivity contribution is -0.0180. The van der Waals surface area contributed by atoms with Crippen molar-refractivity contribution in [2.75, 3.05) is 72.7 Å². The number of aliphatic hydroxyl groups is 1. The number of benzene rings is 1. The summed E-state index contributed by atoms with van der Waals surface area (Å²) in [6.45, 7) is 11.7. The number of ether oxygens (including phenoxy) is 2. The molecular formula is C24H41N5O3. The predicted molar refractivity (Wildman–Crippen MR) is 128 cm³/mol. The summed E-state index contributed by atoms with van der Waals surface area (Å²) in [6.07, 6.45) is 2.45. The molecule has 2 saturated heterocycles. The van der Waals surface area contributed by atoms with E-state index in [0.717, 1.165) is 64.2 Å². The Hall–Kier alpha value is -1.87. The van der Waals surface area contributed by atoms with E-state index in [-0.39, 0.29) is 6.04 Å². The molecule has 0 aromatic heterocycles.